The Bertz CT molecular complexity index is 389. The van der Waals surface area contributed by atoms with Gasteiger partial charge < -0.3 is 15.7 Å². The van der Waals surface area contributed by atoms with Crippen molar-refractivity contribution in [3.05, 3.63) is 29.3 Å². The van der Waals surface area contributed by atoms with Crippen LogP contribution >= 0.6 is 0 Å². The number of nitrogens with two attached hydrogens (primary N) is 1. The van der Waals surface area contributed by atoms with E-state index in [0.717, 1.165) is 5.56 Å². The molecule has 1 rings (SSSR count). The standard InChI is InChI=1S/C12H18N2O2/c1-8-4-5-10(11(13)6-8)12(16)14(3)7-9(2)15/h4-6,9,15H,7,13H2,1-3H3. The highest BCUT2D eigenvalue weighted by atomic mass is 16.3. The maximum absolute atomic E-state index is 11.9. The molecule has 0 heterocycles. The molecule has 0 spiro atoms. The van der Waals surface area contributed by atoms with E-state index in [1.54, 1.807) is 26.1 Å². The molecule has 4 nitrogen and oxygen atoms in total. The van der Waals surface area contributed by atoms with Gasteiger partial charge in [-0.1, -0.05) is 6.07 Å². The Balaban J connectivity index is 2.88. The summed E-state index contributed by atoms with van der Waals surface area (Å²) in [4.78, 5) is 13.4. The molecule has 1 atom stereocenters. The Labute approximate surface area is 95.7 Å². The first-order valence-corrected chi connectivity index (χ1v) is 5.21. The molecule has 0 aliphatic heterocycles. The van der Waals surface area contributed by atoms with Crippen LogP contribution in [0.4, 0.5) is 5.69 Å². The van der Waals surface area contributed by atoms with E-state index in [1.165, 1.54) is 4.90 Å². The summed E-state index contributed by atoms with van der Waals surface area (Å²) in [5.41, 5.74) is 7.76. The number of anilines is 1. The molecule has 88 valence electrons. The Morgan fingerprint density at radius 1 is 1.56 bits per heavy atom. The van der Waals surface area contributed by atoms with Crippen LogP contribution in [0.2, 0.25) is 0 Å². The zero-order valence-electron chi connectivity index (χ0n) is 9.90. The summed E-state index contributed by atoms with van der Waals surface area (Å²) in [6.07, 6.45) is -0.541. The summed E-state index contributed by atoms with van der Waals surface area (Å²) in [6, 6.07) is 5.33. The van der Waals surface area contributed by atoms with E-state index in [4.69, 9.17) is 5.73 Å². The Hall–Kier alpha value is -1.55. The second-order valence-electron chi connectivity index (χ2n) is 4.13. The van der Waals surface area contributed by atoms with E-state index in [1.807, 2.05) is 13.0 Å². The topological polar surface area (TPSA) is 66.6 Å². The van der Waals surface area contributed by atoms with E-state index in [-0.39, 0.29) is 5.91 Å². The number of carbonyl (C=O) groups excluding carboxylic acids is 1. The number of aliphatic hydroxyl groups is 1. The summed E-state index contributed by atoms with van der Waals surface area (Å²) in [5, 5.41) is 9.21. The maximum atomic E-state index is 11.9. The van der Waals surface area contributed by atoms with Gasteiger partial charge in [0.25, 0.3) is 5.91 Å². The van der Waals surface area contributed by atoms with Gasteiger partial charge in [-0.15, -0.1) is 0 Å². The van der Waals surface area contributed by atoms with Crippen LogP contribution in [0.1, 0.15) is 22.8 Å². The first kappa shape index (κ1) is 12.5. The molecule has 3 N–H and O–H groups in total. The fourth-order valence-electron chi connectivity index (χ4n) is 1.56. The lowest BCUT2D eigenvalue weighted by atomic mass is 10.1. The van der Waals surface area contributed by atoms with Crippen molar-refractivity contribution in [1.29, 1.82) is 0 Å². The summed E-state index contributed by atoms with van der Waals surface area (Å²) in [7, 11) is 1.65. The third kappa shape index (κ3) is 2.97. The highest BCUT2D eigenvalue weighted by Crippen LogP contribution is 2.15. The molecular weight excluding hydrogens is 204 g/mol. The second kappa shape index (κ2) is 4.99. The van der Waals surface area contributed by atoms with Crippen LogP contribution in [-0.2, 0) is 0 Å². The number of nitrogens with zero attached hydrogens (tertiary/aromatic N) is 1. The number of aryl methyl sites for hydroxylation is 1. The van der Waals surface area contributed by atoms with Crippen LogP contribution < -0.4 is 5.73 Å². The third-order valence-corrected chi connectivity index (χ3v) is 2.32. The molecule has 0 radical (unpaired) electrons. The molecule has 0 aromatic heterocycles. The summed E-state index contributed by atoms with van der Waals surface area (Å²) >= 11 is 0. The van der Waals surface area contributed by atoms with E-state index >= 15 is 0 Å². The lowest BCUT2D eigenvalue weighted by molar-refractivity contribution is 0.0704. The number of aliphatic hydroxyl groups excluding tert-OH is 1. The Morgan fingerprint density at radius 2 is 2.19 bits per heavy atom. The van der Waals surface area contributed by atoms with Gasteiger partial charge in [-0.05, 0) is 31.5 Å². The number of likely N-dealkylation sites (N-methyl/N-ethyl adjacent to an activating group) is 1. The summed E-state index contributed by atoms with van der Waals surface area (Å²) in [5.74, 6) is -0.168. The molecule has 0 fully saturated rings. The van der Waals surface area contributed by atoms with E-state index in [9.17, 15) is 9.90 Å². The minimum absolute atomic E-state index is 0.168. The molecule has 1 unspecified atom stereocenters. The zero-order chi connectivity index (χ0) is 12.3. The van der Waals surface area contributed by atoms with Crippen molar-refractivity contribution in [2.45, 2.75) is 20.0 Å². The molecule has 1 amide bonds. The van der Waals surface area contributed by atoms with Crippen LogP contribution in [0.3, 0.4) is 0 Å². The largest absolute Gasteiger partial charge is 0.398 e. The van der Waals surface area contributed by atoms with Crippen LogP contribution in [-0.4, -0.2) is 35.6 Å². The number of amides is 1. The number of hydrogen-bond donors (Lipinski definition) is 2. The molecule has 16 heavy (non-hydrogen) atoms. The molecule has 0 aliphatic carbocycles. The fraction of sp³-hybridized carbons (Fsp3) is 0.417. The second-order valence-corrected chi connectivity index (χ2v) is 4.13. The van der Waals surface area contributed by atoms with Crippen LogP contribution in [0.5, 0.6) is 0 Å². The van der Waals surface area contributed by atoms with Gasteiger partial charge in [0.2, 0.25) is 0 Å². The predicted molar refractivity (Wildman–Crippen MR) is 64.2 cm³/mol. The molecule has 0 saturated carbocycles. The van der Waals surface area contributed by atoms with Gasteiger partial charge in [0.1, 0.15) is 0 Å². The predicted octanol–water partition coefficient (Wildman–Crippen LogP) is 1.03. The van der Waals surface area contributed by atoms with Crippen LogP contribution in [0.25, 0.3) is 0 Å². The highest BCUT2D eigenvalue weighted by Gasteiger charge is 2.15. The molecule has 0 bridgehead atoms. The number of rotatable bonds is 3. The van der Waals surface area contributed by atoms with Gasteiger partial charge in [0.05, 0.1) is 11.7 Å². The number of carbonyl (C=O) groups is 1. The summed E-state index contributed by atoms with van der Waals surface area (Å²) < 4.78 is 0. The maximum Gasteiger partial charge on any atom is 0.255 e. The van der Waals surface area contributed by atoms with Gasteiger partial charge in [0.15, 0.2) is 0 Å². The lowest BCUT2D eigenvalue weighted by Gasteiger charge is -2.19. The van der Waals surface area contributed by atoms with Crippen molar-refractivity contribution in [1.82, 2.24) is 4.90 Å². The lowest BCUT2D eigenvalue weighted by Crippen LogP contribution is -2.33. The Kier molecular flexibility index (Phi) is 3.90. The molecular formula is C12H18N2O2. The van der Waals surface area contributed by atoms with Crippen molar-refractivity contribution in [3.8, 4) is 0 Å². The van der Waals surface area contributed by atoms with Crippen molar-refractivity contribution < 1.29 is 9.90 Å². The SMILES string of the molecule is Cc1ccc(C(=O)N(C)CC(C)O)c(N)c1. The fourth-order valence-corrected chi connectivity index (χ4v) is 1.56. The van der Waals surface area contributed by atoms with Gasteiger partial charge in [-0.25, -0.2) is 0 Å². The van der Waals surface area contributed by atoms with Crippen LogP contribution in [0.15, 0.2) is 18.2 Å². The average Bonchev–Trinajstić information content (AvgIpc) is 2.15. The van der Waals surface area contributed by atoms with Crippen LogP contribution in [0, 0.1) is 6.92 Å². The van der Waals surface area contributed by atoms with Crippen molar-refractivity contribution in [3.63, 3.8) is 0 Å². The van der Waals surface area contributed by atoms with Crippen molar-refractivity contribution in [2.75, 3.05) is 19.3 Å². The van der Waals surface area contributed by atoms with Crippen molar-refractivity contribution in [2.24, 2.45) is 0 Å². The molecule has 0 aliphatic rings. The minimum Gasteiger partial charge on any atom is -0.398 e. The normalized spacial score (nSPS) is 12.2. The molecule has 4 heteroatoms. The number of hydrogen-bond acceptors (Lipinski definition) is 3. The smallest absolute Gasteiger partial charge is 0.255 e. The monoisotopic (exact) mass is 222 g/mol. The first-order valence-electron chi connectivity index (χ1n) is 5.21. The average molecular weight is 222 g/mol. The van der Waals surface area contributed by atoms with E-state index < -0.39 is 6.10 Å². The number of benzene rings is 1. The van der Waals surface area contributed by atoms with Gasteiger partial charge in [-0.3, -0.25) is 4.79 Å². The molecule has 0 saturated heterocycles. The van der Waals surface area contributed by atoms with E-state index in [0.29, 0.717) is 17.8 Å². The van der Waals surface area contributed by atoms with Crippen molar-refractivity contribution >= 4 is 11.6 Å². The molecule has 1 aromatic carbocycles. The zero-order valence-corrected chi connectivity index (χ0v) is 9.90. The van der Waals surface area contributed by atoms with Gasteiger partial charge in [-0.2, -0.15) is 0 Å². The third-order valence-electron chi connectivity index (χ3n) is 2.32. The Morgan fingerprint density at radius 3 is 2.69 bits per heavy atom. The van der Waals surface area contributed by atoms with E-state index in [2.05, 4.69) is 0 Å². The van der Waals surface area contributed by atoms with Gasteiger partial charge >= 0.3 is 0 Å². The quantitative estimate of drug-likeness (QED) is 0.751. The summed E-state index contributed by atoms with van der Waals surface area (Å²) in [6.45, 7) is 3.86. The molecule has 1 aromatic rings. The number of nitrogen functional groups attached to an aromatic ring is 1. The highest BCUT2D eigenvalue weighted by molar-refractivity contribution is 5.99. The minimum atomic E-state index is -0.541. The van der Waals surface area contributed by atoms with Gasteiger partial charge in [0, 0.05) is 19.3 Å². The first-order chi connectivity index (χ1) is 7.41.